The van der Waals surface area contributed by atoms with Crippen molar-refractivity contribution in [3.8, 4) is 11.5 Å². The zero-order chi connectivity index (χ0) is 16.7. The highest BCUT2D eigenvalue weighted by Gasteiger charge is 2.16. The Morgan fingerprint density at radius 3 is 2.88 bits per heavy atom. The number of aromatic nitrogens is 1. The van der Waals surface area contributed by atoms with Gasteiger partial charge in [-0.2, -0.15) is 0 Å². The fraction of sp³-hybridized carbons (Fsp3) is 0.176. The van der Waals surface area contributed by atoms with Crippen LogP contribution in [0.15, 0.2) is 41.2 Å². The molecule has 0 atom stereocenters. The van der Waals surface area contributed by atoms with Crippen molar-refractivity contribution in [1.29, 1.82) is 0 Å². The molecule has 122 valence electrons. The van der Waals surface area contributed by atoms with Crippen molar-refractivity contribution in [1.82, 2.24) is 4.57 Å². The number of nitrogens with one attached hydrogen (secondary N) is 1. The number of ether oxygens (including phenoxy) is 2. The molecule has 24 heavy (non-hydrogen) atoms. The first-order valence-electron chi connectivity index (χ1n) is 7.50. The summed E-state index contributed by atoms with van der Waals surface area (Å²) in [6.45, 7) is 2.73. The van der Waals surface area contributed by atoms with Crippen molar-refractivity contribution in [3.05, 3.63) is 51.6 Å². The van der Waals surface area contributed by atoms with E-state index in [1.165, 1.54) is 11.3 Å². The van der Waals surface area contributed by atoms with Crippen molar-refractivity contribution >= 4 is 33.1 Å². The molecule has 2 heterocycles. The molecule has 0 unspecified atom stereocenters. The molecule has 1 amide bonds. The van der Waals surface area contributed by atoms with E-state index in [9.17, 15) is 9.59 Å². The Bertz CT molecular complexity index is 1010. The highest BCUT2D eigenvalue weighted by molar-refractivity contribution is 7.16. The Hall–Kier alpha value is -2.80. The summed E-state index contributed by atoms with van der Waals surface area (Å²) >= 11 is 1.18. The third-order valence-electron chi connectivity index (χ3n) is 3.88. The van der Waals surface area contributed by atoms with Crippen LogP contribution in [0.4, 0.5) is 5.69 Å². The summed E-state index contributed by atoms with van der Waals surface area (Å²) in [5.74, 6) is 0.963. The Kier molecular flexibility index (Phi) is 3.50. The van der Waals surface area contributed by atoms with E-state index in [0.717, 1.165) is 10.2 Å². The number of carbonyl (C=O) groups excluding carboxylic acids is 1. The van der Waals surface area contributed by atoms with Crippen LogP contribution < -0.4 is 19.7 Å². The van der Waals surface area contributed by atoms with E-state index in [1.807, 2.05) is 19.1 Å². The Balaban J connectivity index is 1.61. The molecule has 4 rings (SSSR count). The van der Waals surface area contributed by atoms with Crippen LogP contribution >= 0.6 is 11.3 Å². The van der Waals surface area contributed by atoms with Gasteiger partial charge in [-0.1, -0.05) is 11.3 Å². The SMILES string of the molecule is CCn1c(=O)sc2cc(NC(=O)c3ccc4c(c3)OCO4)ccc21. The van der Waals surface area contributed by atoms with Gasteiger partial charge in [0.15, 0.2) is 11.5 Å². The number of fused-ring (bicyclic) bond motifs is 2. The fourth-order valence-electron chi connectivity index (χ4n) is 2.68. The van der Waals surface area contributed by atoms with E-state index in [4.69, 9.17) is 9.47 Å². The zero-order valence-corrected chi connectivity index (χ0v) is 13.7. The molecule has 7 heteroatoms. The summed E-state index contributed by atoms with van der Waals surface area (Å²) in [6, 6.07) is 10.5. The predicted molar refractivity (Wildman–Crippen MR) is 92.3 cm³/mol. The van der Waals surface area contributed by atoms with Crippen molar-refractivity contribution < 1.29 is 14.3 Å². The second kappa shape index (κ2) is 5.68. The molecule has 2 aromatic carbocycles. The minimum atomic E-state index is -0.241. The largest absolute Gasteiger partial charge is 0.454 e. The van der Waals surface area contributed by atoms with Crippen LogP contribution in [-0.4, -0.2) is 17.3 Å². The average Bonchev–Trinajstić information content (AvgIpc) is 3.16. The summed E-state index contributed by atoms with van der Waals surface area (Å²) < 4.78 is 13.1. The standard InChI is InChI=1S/C17H14N2O4S/c1-2-19-12-5-4-11(8-15(12)24-17(19)21)18-16(20)10-3-6-13-14(7-10)23-9-22-13/h3-8H,2,9H2,1H3,(H,18,20). The highest BCUT2D eigenvalue weighted by atomic mass is 32.1. The molecule has 0 bridgehead atoms. The van der Waals surface area contributed by atoms with Gasteiger partial charge in [0.2, 0.25) is 6.79 Å². The van der Waals surface area contributed by atoms with Gasteiger partial charge in [0.25, 0.3) is 5.91 Å². The molecule has 1 aliphatic rings. The molecule has 0 saturated carbocycles. The van der Waals surface area contributed by atoms with Crippen molar-refractivity contribution in [2.75, 3.05) is 12.1 Å². The van der Waals surface area contributed by atoms with Crippen LogP contribution in [0.2, 0.25) is 0 Å². The molecule has 0 aliphatic carbocycles. The third kappa shape index (κ3) is 2.43. The Morgan fingerprint density at radius 1 is 1.21 bits per heavy atom. The second-order valence-corrected chi connectivity index (χ2v) is 6.31. The van der Waals surface area contributed by atoms with Gasteiger partial charge in [-0.05, 0) is 43.3 Å². The van der Waals surface area contributed by atoms with Gasteiger partial charge < -0.3 is 14.8 Å². The van der Waals surface area contributed by atoms with Gasteiger partial charge in [0, 0.05) is 17.8 Å². The lowest BCUT2D eigenvalue weighted by molar-refractivity contribution is 0.102. The normalized spacial score (nSPS) is 12.5. The third-order valence-corrected chi connectivity index (χ3v) is 4.82. The molecule has 0 radical (unpaired) electrons. The van der Waals surface area contributed by atoms with E-state index in [1.54, 1.807) is 28.8 Å². The zero-order valence-electron chi connectivity index (χ0n) is 12.9. The highest BCUT2D eigenvalue weighted by Crippen LogP contribution is 2.32. The summed E-state index contributed by atoms with van der Waals surface area (Å²) in [4.78, 5) is 24.3. The molecule has 0 fully saturated rings. The monoisotopic (exact) mass is 342 g/mol. The molecule has 0 saturated heterocycles. The Labute approximate surface area is 141 Å². The van der Waals surface area contributed by atoms with Crippen LogP contribution in [0.25, 0.3) is 10.2 Å². The maximum Gasteiger partial charge on any atom is 0.308 e. The molecular weight excluding hydrogens is 328 g/mol. The first-order valence-corrected chi connectivity index (χ1v) is 8.32. The molecular formula is C17H14N2O4S. The quantitative estimate of drug-likeness (QED) is 0.794. The minimum Gasteiger partial charge on any atom is -0.454 e. The molecule has 1 aromatic heterocycles. The van der Waals surface area contributed by atoms with Crippen LogP contribution in [0, 0.1) is 0 Å². The summed E-state index contributed by atoms with van der Waals surface area (Å²) in [5.41, 5.74) is 2.02. The number of carbonyl (C=O) groups is 1. The van der Waals surface area contributed by atoms with Crippen LogP contribution in [0.5, 0.6) is 11.5 Å². The number of anilines is 1. The van der Waals surface area contributed by atoms with Gasteiger partial charge in [-0.15, -0.1) is 0 Å². The van der Waals surface area contributed by atoms with Crippen LogP contribution in [0.1, 0.15) is 17.3 Å². The van der Waals surface area contributed by atoms with E-state index in [-0.39, 0.29) is 17.6 Å². The summed E-state index contributed by atoms with van der Waals surface area (Å²) in [6.07, 6.45) is 0. The molecule has 0 spiro atoms. The van der Waals surface area contributed by atoms with Gasteiger partial charge >= 0.3 is 4.87 Å². The van der Waals surface area contributed by atoms with E-state index < -0.39 is 0 Å². The Morgan fingerprint density at radius 2 is 2.04 bits per heavy atom. The maximum atomic E-state index is 12.4. The molecule has 1 aliphatic heterocycles. The lowest BCUT2D eigenvalue weighted by Crippen LogP contribution is -2.12. The lowest BCUT2D eigenvalue weighted by atomic mass is 10.2. The topological polar surface area (TPSA) is 69.6 Å². The summed E-state index contributed by atoms with van der Waals surface area (Å²) in [5, 5.41) is 2.85. The van der Waals surface area contributed by atoms with E-state index >= 15 is 0 Å². The van der Waals surface area contributed by atoms with Crippen molar-refractivity contribution in [3.63, 3.8) is 0 Å². The number of benzene rings is 2. The number of hydrogen-bond donors (Lipinski definition) is 1. The second-order valence-electron chi connectivity index (χ2n) is 5.32. The first-order chi connectivity index (χ1) is 11.7. The van der Waals surface area contributed by atoms with Crippen molar-refractivity contribution in [2.24, 2.45) is 0 Å². The summed E-state index contributed by atoms with van der Waals surface area (Å²) in [7, 11) is 0. The number of aryl methyl sites for hydroxylation is 1. The van der Waals surface area contributed by atoms with E-state index in [2.05, 4.69) is 5.32 Å². The number of hydrogen-bond acceptors (Lipinski definition) is 5. The number of nitrogens with zero attached hydrogens (tertiary/aromatic N) is 1. The van der Waals surface area contributed by atoms with Gasteiger partial charge in [0.05, 0.1) is 10.2 Å². The van der Waals surface area contributed by atoms with Gasteiger partial charge in [-0.3, -0.25) is 14.2 Å². The molecule has 6 nitrogen and oxygen atoms in total. The number of thiazole rings is 1. The molecule has 1 N–H and O–H groups in total. The molecule has 3 aromatic rings. The smallest absolute Gasteiger partial charge is 0.308 e. The lowest BCUT2D eigenvalue weighted by Gasteiger charge is -2.06. The average molecular weight is 342 g/mol. The van der Waals surface area contributed by atoms with E-state index in [0.29, 0.717) is 29.3 Å². The number of amides is 1. The number of rotatable bonds is 3. The van der Waals surface area contributed by atoms with Crippen molar-refractivity contribution in [2.45, 2.75) is 13.5 Å². The van der Waals surface area contributed by atoms with Crippen LogP contribution in [-0.2, 0) is 6.54 Å². The minimum absolute atomic E-state index is 0.00625. The van der Waals surface area contributed by atoms with Gasteiger partial charge in [-0.25, -0.2) is 0 Å². The van der Waals surface area contributed by atoms with Crippen LogP contribution in [0.3, 0.4) is 0 Å². The fourth-order valence-corrected chi connectivity index (χ4v) is 3.68. The first kappa shape index (κ1) is 14.8. The van der Waals surface area contributed by atoms with Gasteiger partial charge in [0.1, 0.15) is 0 Å². The predicted octanol–water partition coefficient (Wildman–Crippen LogP) is 3.06. The maximum absolute atomic E-state index is 12.4.